The summed E-state index contributed by atoms with van der Waals surface area (Å²) < 4.78 is 0. The first kappa shape index (κ1) is 15.4. The van der Waals surface area contributed by atoms with Crippen LogP contribution in [0.15, 0.2) is 54.6 Å². The smallest absolute Gasteiger partial charge is 0.0738 e. The van der Waals surface area contributed by atoms with Gasteiger partial charge in [0, 0.05) is 17.9 Å². The maximum absolute atomic E-state index is 10.7. The Kier molecular flexibility index (Phi) is 3.58. The first-order valence-corrected chi connectivity index (χ1v) is 9.53. The van der Waals surface area contributed by atoms with Gasteiger partial charge >= 0.3 is 0 Å². The van der Waals surface area contributed by atoms with E-state index in [1.54, 1.807) is 0 Å². The van der Waals surface area contributed by atoms with Crippen molar-refractivity contribution in [2.75, 3.05) is 13.1 Å². The third-order valence-corrected chi connectivity index (χ3v) is 6.66. The van der Waals surface area contributed by atoms with Gasteiger partial charge in [0.15, 0.2) is 0 Å². The highest BCUT2D eigenvalue weighted by Gasteiger charge is 2.41. The van der Waals surface area contributed by atoms with Gasteiger partial charge in [-0.1, -0.05) is 60.7 Å². The summed E-state index contributed by atoms with van der Waals surface area (Å²) in [6.07, 6.45) is 8.59. The topological polar surface area (TPSA) is 23.5 Å². The van der Waals surface area contributed by atoms with Gasteiger partial charge in [-0.2, -0.15) is 0 Å². The lowest BCUT2D eigenvalue weighted by molar-refractivity contribution is 0.0237. The summed E-state index contributed by atoms with van der Waals surface area (Å²) in [5, 5.41) is 10.7. The van der Waals surface area contributed by atoms with Crippen LogP contribution in [0.5, 0.6) is 0 Å². The van der Waals surface area contributed by atoms with Gasteiger partial charge in [0.2, 0.25) is 0 Å². The van der Waals surface area contributed by atoms with Crippen LogP contribution >= 0.6 is 0 Å². The largest absolute Gasteiger partial charge is 0.391 e. The minimum atomic E-state index is -0.240. The number of likely N-dealkylation sites (tertiary alicyclic amines) is 1. The Morgan fingerprint density at radius 3 is 2.36 bits per heavy atom. The molecule has 2 unspecified atom stereocenters. The molecule has 0 aromatic heterocycles. The summed E-state index contributed by atoms with van der Waals surface area (Å²) in [5.74, 6) is 0. The molecule has 0 amide bonds. The average Bonchev–Trinajstić information content (AvgIpc) is 3.01. The van der Waals surface area contributed by atoms with E-state index in [1.165, 1.54) is 22.3 Å². The highest BCUT2D eigenvalue weighted by atomic mass is 16.3. The molecule has 2 atom stereocenters. The van der Waals surface area contributed by atoms with Crippen molar-refractivity contribution in [1.29, 1.82) is 0 Å². The molecule has 2 aliphatic carbocycles. The molecule has 3 aliphatic rings. The van der Waals surface area contributed by atoms with Crippen molar-refractivity contribution in [3.05, 3.63) is 76.9 Å². The van der Waals surface area contributed by atoms with Gasteiger partial charge in [-0.15, -0.1) is 0 Å². The van der Waals surface area contributed by atoms with Crippen molar-refractivity contribution in [2.45, 2.75) is 43.2 Å². The van der Waals surface area contributed by atoms with E-state index in [-0.39, 0.29) is 17.6 Å². The molecular weight excluding hydrogens is 306 g/mol. The molecule has 0 radical (unpaired) electrons. The molecule has 128 valence electrons. The molecule has 5 rings (SSSR count). The number of nitrogens with zero attached hydrogens (tertiary/aromatic N) is 1. The average molecular weight is 331 g/mol. The Morgan fingerprint density at radius 1 is 0.880 bits per heavy atom. The zero-order valence-electron chi connectivity index (χ0n) is 14.6. The second-order valence-corrected chi connectivity index (χ2v) is 7.92. The normalized spacial score (nSPS) is 27.2. The van der Waals surface area contributed by atoms with Gasteiger partial charge < -0.3 is 5.11 Å². The van der Waals surface area contributed by atoms with Crippen LogP contribution in [0.25, 0.3) is 6.08 Å². The standard InChI is InChI=1S/C23H25NO/c25-22-16-19-7-2-1-6-18(19)15-21(22)24-13-11-23(12-14-24)10-9-17-5-3-4-8-20(17)23/h1-10,21-22,25H,11-16H2. The second kappa shape index (κ2) is 5.82. The van der Waals surface area contributed by atoms with Crippen LogP contribution in [-0.4, -0.2) is 35.2 Å². The van der Waals surface area contributed by atoms with Gasteiger partial charge in [0.1, 0.15) is 0 Å². The Morgan fingerprint density at radius 2 is 1.56 bits per heavy atom. The van der Waals surface area contributed by atoms with Crippen molar-refractivity contribution in [2.24, 2.45) is 0 Å². The van der Waals surface area contributed by atoms with Crippen LogP contribution in [0.2, 0.25) is 0 Å². The van der Waals surface area contributed by atoms with Crippen LogP contribution in [0, 0.1) is 0 Å². The van der Waals surface area contributed by atoms with Crippen LogP contribution in [-0.2, 0) is 18.3 Å². The molecule has 1 spiro atoms. The third-order valence-electron chi connectivity index (χ3n) is 6.66. The lowest BCUT2D eigenvalue weighted by Crippen LogP contribution is -2.53. The molecule has 1 fully saturated rings. The van der Waals surface area contributed by atoms with Gasteiger partial charge in [0.05, 0.1) is 6.10 Å². The SMILES string of the molecule is OC1Cc2ccccc2CC1N1CCC2(C=Cc3ccccc32)CC1. The third kappa shape index (κ3) is 2.47. The lowest BCUT2D eigenvalue weighted by atomic mass is 9.73. The highest BCUT2D eigenvalue weighted by Crippen LogP contribution is 2.44. The van der Waals surface area contributed by atoms with E-state index in [0.29, 0.717) is 0 Å². The van der Waals surface area contributed by atoms with E-state index in [2.05, 4.69) is 65.6 Å². The number of allylic oxidation sites excluding steroid dienone is 1. The van der Waals surface area contributed by atoms with E-state index in [0.717, 1.165) is 38.8 Å². The first-order valence-electron chi connectivity index (χ1n) is 9.53. The summed E-state index contributed by atoms with van der Waals surface area (Å²) >= 11 is 0. The second-order valence-electron chi connectivity index (χ2n) is 7.92. The molecule has 2 heteroatoms. The van der Waals surface area contributed by atoms with Gasteiger partial charge in [0.25, 0.3) is 0 Å². The number of aliphatic hydroxyl groups excluding tert-OH is 1. The predicted octanol–water partition coefficient (Wildman–Crippen LogP) is 3.58. The highest BCUT2D eigenvalue weighted by molar-refractivity contribution is 5.65. The monoisotopic (exact) mass is 331 g/mol. The molecule has 0 saturated carbocycles. The van der Waals surface area contributed by atoms with Gasteiger partial charge in [-0.05, 0) is 54.6 Å². The Labute approximate surface area is 149 Å². The molecule has 1 N–H and O–H groups in total. The quantitative estimate of drug-likeness (QED) is 0.863. The van der Waals surface area contributed by atoms with Crippen molar-refractivity contribution >= 4 is 6.08 Å². The lowest BCUT2D eigenvalue weighted by Gasteiger charge is -2.45. The van der Waals surface area contributed by atoms with E-state index >= 15 is 0 Å². The number of hydrogen-bond donors (Lipinski definition) is 1. The molecule has 2 aromatic rings. The van der Waals surface area contributed by atoms with Crippen molar-refractivity contribution in [3.8, 4) is 0 Å². The van der Waals surface area contributed by atoms with Gasteiger partial charge in [-0.3, -0.25) is 4.90 Å². The molecule has 0 bridgehead atoms. The van der Waals surface area contributed by atoms with Crippen molar-refractivity contribution < 1.29 is 5.11 Å². The fourth-order valence-corrected chi connectivity index (χ4v) is 5.18. The van der Waals surface area contributed by atoms with Crippen LogP contribution < -0.4 is 0 Å². The van der Waals surface area contributed by atoms with Crippen molar-refractivity contribution in [3.63, 3.8) is 0 Å². The van der Waals surface area contributed by atoms with Crippen molar-refractivity contribution in [1.82, 2.24) is 4.90 Å². The van der Waals surface area contributed by atoms with Gasteiger partial charge in [-0.25, -0.2) is 0 Å². The zero-order valence-corrected chi connectivity index (χ0v) is 14.6. The minimum absolute atomic E-state index is 0.227. The molecular formula is C23H25NO. The fourth-order valence-electron chi connectivity index (χ4n) is 5.18. The molecule has 1 aliphatic heterocycles. The number of benzene rings is 2. The molecule has 1 heterocycles. The van der Waals surface area contributed by atoms with E-state index in [4.69, 9.17) is 0 Å². The summed E-state index contributed by atoms with van der Waals surface area (Å²) in [6, 6.07) is 17.7. The van der Waals surface area contributed by atoms with E-state index in [9.17, 15) is 5.11 Å². The maximum Gasteiger partial charge on any atom is 0.0738 e. The fraction of sp³-hybridized carbons (Fsp3) is 0.391. The Bertz CT molecular complexity index is 816. The predicted molar refractivity (Wildman–Crippen MR) is 102 cm³/mol. The number of rotatable bonds is 1. The maximum atomic E-state index is 10.7. The van der Waals surface area contributed by atoms with E-state index < -0.39 is 0 Å². The summed E-state index contributed by atoms with van der Waals surface area (Å²) in [4.78, 5) is 2.54. The number of piperidine rings is 1. The first-order chi connectivity index (χ1) is 12.3. The summed E-state index contributed by atoms with van der Waals surface area (Å²) in [7, 11) is 0. The van der Waals surface area contributed by atoms with E-state index in [1.807, 2.05) is 0 Å². The summed E-state index contributed by atoms with van der Waals surface area (Å²) in [5.41, 5.74) is 5.87. The minimum Gasteiger partial charge on any atom is -0.391 e. The molecule has 2 nitrogen and oxygen atoms in total. The number of hydrogen-bond acceptors (Lipinski definition) is 2. The number of fused-ring (bicyclic) bond motifs is 3. The molecule has 2 aromatic carbocycles. The molecule has 1 saturated heterocycles. The summed E-state index contributed by atoms with van der Waals surface area (Å²) in [6.45, 7) is 2.14. The van der Waals surface area contributed by atoms with Crippen LogP contribution in [0.4, 0.5) is 0 Å². The Hall–Kier alpha value is -1.90. The number of aliphatic hydroxyl groups is 1. The Balaban J connectivity index is 1.34. The zero-order chi connectivity index (χ0) is 16.9. The van der Waals surface area contributed by atoms with Crippen LogP contribution in [0.1, 0.15) is 35.1 Å². The molecule has 25 heavy (non-hydrogen) atoms. The van der Waals surface area contributed by atoms with Crippen LogP contribution in [0.3, 0.4) is 0 Å².